The number of carbonyl (C=O) groups is 1. The van der Waals surface area contributed by atoms with Crippen LogP contribution in [0.25, 0.3) is 5.69 Å². The van der Waals surface area contributed by atoms with Gasteiger partial charge in [0.25, 0.3) is 0 Å². The molecule has 3 heterocycles. The van der Waals surface area contributed by atoms with Crippen LogP contribution in [0.3, 0.4) is 0 Å². The average Bonchev–Trinajstić information content (AvgIpc) is 3.43. The highest BCUT2D eigenvalue weighted by Gasteiger charge is 2.33. The first-order valence-corrected chi connectivity index (χ1v) is 12.6. The lowest BCUT2D eigenvalue weighted by molar-refractivity contribution is -0.129. The predicted octanol–water partition coefficient (Wildman–Crippen LogP) is 4.37. The lowest BCUT2D eigenvalue weighted by Gasteiger charge is -2.26. The Hall–Kier alpha value is -3.00. The van der Waals surface area contributed by atoms with E-state index in [1.54, 1.807) is 0 Å². The van der Waals surface area contributed by atoms with Crippen LogP contribution in [-0.2, 0) is 4.79 Å². The van der Waals surface area contributed by atoms with Crippen molar-refractivity contribution in [2.24, 2.45) is 0 Å². The molecule has 1 aromatic heterocycles. The Bertz CT molecular complexity index is 1160. The van der Waals surface area contributed by atoms with E-state index in [0.717, 1.165) is 60.8 Å². The van der Waals surface area contributed by atoms with Crippen molar-refractivity contribution in [2.75, 3.05) is 25.5 Å². The molecule has 1 saturated heterocycles. The van der Waals surface area contributed by atoms with E-state index in [9.17, 15) is 4.79 Å². The fourth-order valence-electron chi connectivity index (χ4n) is 4.62. The predicted molar refractivity (Wildman–Crippen MR) is 125 cm³/mol. The molecule has 33 heavy (non-hydrogen) atoms. The molecule has 1 unspecified atom stereocenters. The van der Waals surface area contributed by atoms with E-state index in [-0.39, 0.29) is 11.9 Å². The van der Waals surface area contributed by atoms with Crippen LogP contribution in [0, 0.1) is 0 Å². The summed E-state index contributed by atoms with van der Waals surface area (Å²) < 4.78 is 13.3. The van der Waals surface area contributed by atoms with Crippen molar-refractivity contribution in [3.05, 3.63) is 59.9 Å². The van der Waals surface area contributed by atoms with Gasteiger partial charge in [0, 0.05) is 12.5 Å². The van der Waals surface area contributed by atoms with Crippen LogP contribution in [0.4, 0.5) is 0 Å². The van der Waals surface area contributed by atoms with Gasteiger partial charge in [-0.05, 0) is 55.5 Å². The highest BCUT2D eigenvalue weighted by atomic mass is 32.2. The van der Waals surface area contributed by atoms with Crippen molar-refractivity contribution in [2.45, 2.75) is 42.8 Å². The number of fused-ring (bicyclic) bond motifs is 1. The molecule has 1 atom stereocenters. The molecule has 0 bridgehead atoms. The number of amides is 1. The van der Waals surface area contributed by atoms with Crippen LogP contribution < -0.4 is 9.47 Å². The van der Waals surface area contributed by atoms with E-state index in [0.29, 0.717) is 30.0 Å². The normalized spacial score (nSPS) is 19.6. The summed E-state index contributed by atoms with van der Waals surface area (Å²) in [4.78, 5) is 20.0. The zero-order chi connectivity index (χ0) is 22.2. The Balaban J connectivity index is 1.16. The molecule has 2 fully saturated rings. The molecule has 0 N–H and O–H groups in total. The highest BCUT2D eigenvalue weighted by molar-refractivity contribution is 7.99. The van der Waals surface area contributed by atoms with Crippen molar-refractivity contribution >= 4 is 17.7 Å². The van der Waals surface area contributed by atoms with E-state index in [1.165, 1.54) is 11.8 Å². The van der Waals surface area contributed by atoms with Gasteiger partial charge < -0.3 is 14.4 Å². The first-order valence-electron chi connectivity index (χ1n) is 11.6. The van der Waals surface area contributed by atoms with Gasteiger partial charge in [-0.25, -0.2) is 9.67 Å². The number of aromatic nitrogens is 3. The number of para-hydroxylation sites is 1. The number of benzene rings is 2. The second kappa shape index (κ2) is 8.74. The summed E-state index contributed by atoms with van der Waals surface area (Å²) in [5, 5.41) is 5.40. The smallest absolute Gasteiger partial charge is 0.233 e. The molecule has 1 saturated carbocycles. The van der Waals surface area contributed by atoms with E-state index in [2.05, 4.69) is 6.07 Å². The minimum Gasteiger partial charge on any atom is -0.486 e. The molecule has 0 spiro atoms. The maximum Gasteiger partial charge on any atom is 0.233 e. The topological polar surface area (TPSA) is 69.5 Å². The van der Waals surface area contributed by atoms with Crippen molar-refractivity contribution in [3.63, 3.8) is 0 Å². The van der Waals surface area contributed by atoms with Gasteiger partial charge in [-0.15, -0.1) is 5.10 Å². The number of rotatable bonds is 6. The van der Waals surface area contributed by atoms with Crippen molar-refractivity contribution < 1.29 is 14.3 Å². The van der Waals surface area contributed by atoms with Crippen molar-refractivity contribution in [1.82, 2.24) is 19.7 Å². The second-order valence-corrected chi connectivity index (χ2v) is 9.65. The molecule has 8 heteroatoms. The van der Waals surface area contributed by atoms with Crippen molar-refractivity contribution in [1.29, 1.82) is 0 Å². The summed E-state index contributed by atoms with van der Waals surface area (Å²) in [6, 6.07) is 16.2. The number of hydrogen-bond acceptors (Lipinski definition) is 6. The average molecular weight is 463 g/mol. The van der Waals surface area contributed by atoms with Crippen LogP contribution in [0.1, 0.15) is 49.0 Å². The molecule has 1 aliphatic carbocycles. The van der Waals surface area contributed by atoms with Gasteiger partial charge in [-0.2, -0.15) is 0 Å². The third kappa shape index (κ3) is 4.19. The van der Waals surface area contributed by atoms with Gasteiger partial charge in [-0.3, -0.25) is 4.79 Å². The zero-order valence-electron chi connectivity index (χ0n) is 18.4. The summed E-state index contributed by atoms with van der Waals surface area (Å²) in [5.74, 6) is 3.50. The Labute approximate surface area is 197 Å². The monoisotopic (exact) mass is 462 g/mol. The molecule has 2 aliphatic heterocycles. The van der Waals surface area contributed by atoms with Gasteiger partial charge in [-0.1, -0.05) is 36.0 Å². The zero-order valence-corrected chi connectivity index (χ0v) is 19.2. The third-order valence-electron chi connectivity index (χ3n) is 6.40. The van der Waals surface area contributed by atoms with E-state index < -0.39 is 0 Å². The van der Waals surface area contributed by atoms with E-state index in [1.807, 2.05) is 52.0 Å². The second-order valence-electron chi connectivity index (χ2n) is 8.71. The minimum atomic E-state index is 0.0748. The Morgan fingerprint density at radius 2 is 1.85 bits per heavy atom. The Morgan fingerprint density at radius 3 is 2.67 bits per heavy atom. The Kier molecular flexibility index (Phi) is 5.46. The Morgan fingerprint density at radius 1 is 1.03 bits per heavy atom. The molecule has 0 radical (unpaired) electrons. The number of ether oxygens (including phenoxy) is 2. The summed E-state index contributed by atoms with van der Waals surface area (Å²) in [7, 11) is 0. The molecular formula is C25H26N4O3S. The lowest BCUT2D eigenvalue weighted by Crippen LogP contribution is -2.32. The van der Waals surface area contributed by atoms with Gasteiger partial charge in [0.05, 0.1) is 17.5 Å². The first kappa shape index (κ1) is 20.6. The largest absolute Gasteiger partial charge is 0.486 e. The van der Waals surface area contributed by atoms with Crippen LogP contribution >= 0.6 is 11.8 Å². The van der Waals surface area contributed by atoms with Gasteiger partial charge in [0.2, 0.25) is 11.1 Å². The SMILES string of the molecule is O=C(CSc1nc(C2CC2)n(-c2ccccc2)n1)N1CCCC1c1ccc2c(c1)OCCO2. The number of nitrogens with zero attached hydrogens (tertiary/aromatic N) is 4. The maximum absolute atomic E-state index is 13.2. The van der Waals surface area contributed by atoms with Gasteiger partial charge >= 0.3 is 0 Å². The maximum atomic E-state index is 13.2. The molecule has 7 nitrogen and oxygen atoms in total. The van der Waals surface area contributed by atoms with E-state index >= 15 is 0 Å². The number of carbonyl (C=O) groups excluding carboxylic acids is 1. The molecule has 170 valence electrons. The lowest BCUT2D eigenvalue weighted by atomic mass is 10.0. The minimum absolute atomic E-state index is 0.0748. The van der Waals surface area contributed by atoms with Crippen LogP contribution in [-0.4, -0.2) is 51.1 Å². The van der Waals surface area contributed by atoms with Crippen LogP contribution in [0.5, 0.6) is 11.5 Å². The molecular weight excluding hydrogens is 436 g/mol. The van der Waals surface area contributed by atoms with Crippen molar-refractivity contribution in [3.8, 4) is 17.2 Å². The quantitative estimate of drug-likeness (QED) is 0.507. The van der Waals surface area contributed by atoms with Crippen LogP contribution in [0.15, 0.2) is 53.7 Å². The number of likely N-dealkylation sites (tertiary alicyclic amines) is 1. The number of hydrogen-bond donors (Lipinski definition) is 0. The summed E-state index contributed by atoms with van der Waals surface area (Å²) >= 11 is 1.43. The van der Waals surface area contributed by atoms with E-state index in [4.69, 9.17) is 19.6 Å². The summed E-state index contributed by atoms with van der Waals surface area (Å²) in [5.41, 5.74) is 2.13. The standard InChI is InChI=1S/C25H26N4O3S/c30-23(28-12-4-7-20(28)18-10-11-21-22(15-18)32-14-13-31-21)16-33-25-26-24(17-8-9-17)29(27-25)19-5-2-1-3-6-19/h1-3,5-6,10-11,15,17,20H,4,7-9,12-14,16H2. The van der Waals surface area contributed by atoms with Gasteiger partial charge in [0.15, 0.2) is 11.5 Å². The molecule has 2 aromatic carbocycles. The fraction of sp³-hybridized carbons (Fsp3) is 0.400. The van der Waals surface area contributed by atoms with Crippen LogP contribution in [0.2, 0.25) is 0 Å². The molecule has 6 rings (SSSR count). The molecule has 3 aliphatic rings. The number of thioether (sulfide) groups is 1. The molecule has 3 aromatic rings. The summed E-state index contributed by atoms with van der Waals surface area (Å²) in [6.45, 7) is 1.91. The third-order valence-corrected chi connectivity index (χ3v) is 7.23. The summed E-state index contributed by atoms with van der Waals surface area (Å²) in [6.07, 6.45) is 4.27. The van der Waals surface area contributed by atoms with Gasteiger partial charge in [0.1, 0.15) is 19.0 Å². The fourth-order valence-corrected chi connectivity index (χ4v) is 5.33. The first-order chi connectivity index (χ1) is 16.3. The molecule has 1 amide bonds. The highest BCUT2D eigenvalue weighted by Crippen LogP contribution is 2.41.